The largest absolute Gasteiger partial charge is 0.497 e. The predicted molar refractivity (Wildman–Crippen MR) is 134 cm³/mol. The summed E-state index contributed by atoms with van der Waals surface area (Å²) in [6, 6.07) is 5.66. The summed E-state index contributed by atoms with van der Waals surface area (Å²) in [5.41, 5.74) is 3.80. The molecule has 182 valence electrons. The van der Waals surface area contributed by atoms with Crippen LogP contribution >= 0.6 is 0 Å². The van der Waals surface area contributed by atoms with Crippen molar-refractivity contribution in [3.05, 3.63) is 54.1 Å². The van der Waals surface area contributed by atoms with Crippen LogP contribution < -0.4 is 10.1 Å². The second-order valence-corrected chi connectivity index (χ2v) is 9.11. The molecule has 0 bridgehead atoms. The molecule has 0 spiro atoms. The zero-order valence-electron chi connectivity index (χ0n) is 20.3. The maximum atomic E-state index is 13.5. The third-order valence-electron chi connectivity index (χ3n) is 6.67. The first-order chi connectivity index (χ1) is 16.6. The summed E-state index contributed by atoms with van der Waals surface area (Å²) in [6.07, 6.45) is 11.8. The van der Waals surface area contributed by atoms with Crippen molar-refractivity contribution in [3.8, 4) is 16.9 Å². The van der Waals surface area contributed by atoms with Crippen LogP contribution in [0, 0.1) is 5.92 Å². The Hall–Kier alpha value is -3.26. The van der Waals surface area contributed by atoms with Crippen LogP contribution in [-0.2, 0) is 4.74 Å². The average Bonchev–Trinajstić information content (AvgIpc) is 3.40. The highest BCUT2D eigenvalue weighted by Crippen LogP contribution is 2.31. The van der Waals surface area contributed by atoms with E-state index < -0.39 is 0 Å². The van der Waals surface area contributed by atoms with Crippen molar-refractivity contribution in [3.63, 3.8) is 0 Å². The van der Waals surface area contributed by atoms with Gasteiger partial charge in [-0.1, -0.05) is 6.07 Å². The topological polar surface area (TPSA) is 82.7 Å². The molecule has 2 aliphatic rings. The van der Waals surface area contributed by atoms with E-state index >= 15 is 0 Å². The lowest BCUT2D eigenvalue weighted by atomic mass is 9.96. The number of hydrogen-bond acceptors (Lipinski definition) is 5. The lowest BCUT2D eigenvalue weighted by Gasteiger charge is -2.34. The average molecular weight is 466 g/mol. The van der Waals surface area contributed by atoms with Crippen LogP contribution in [0.5, 0.6) is 5.75 Å². The number of carbonyl (C=O) groups excluding carboxylic acids is 1. The number of piperidine rings is 1. The summed E-state index contributed by atoms with van der Waals surface area (Å²) in [5, 5.41) is 9.94. The Labute approximate surface area is 201 Å². The number of amides is 2. The van der Waals surface area contributed by atoms with Gasteiger partial charge in [-0.15, -0.1) is 0 Å². The fourth-order valence-electron chi connectivity index (χ4n) is 4.60. The van der Waals surface area contributed by atoms with Gasteiger partial charge in [0.25, 0.3) is 0 Å². The van der Waals surface area contributed by atoms with E-state index in [4.69, 9.17) is 9.47 Å². The number of anilines is 1. The van der Waals surface area contributed by atoms with Crippen LogP contribution in [0.3, 0.4) is 0 Å². The highest BCUT2D eigenvalue weighted by molar-refractivity contribution is 5.91. The first-order valence-electron chi connectivity index (χ1n) is 11.9. The van der Waals surface area contributed by atoms with Gasteiger partial charge in [0.2, 0.25) is 0 Å². The Kier molecular flexibility index (Phi) is 7.90. The Morgan fingerprint density at radius 3 is 2.76 bits per heavy atom. The molecule has 0 saturated carbocycles. The lowest BCUT2D eigenvalue weighted by Crippen LogP contribution is -2.42. The van der Waals surface area contributed by atoms with Crippen LogP contribution in [0.15, 0.2) is 54.1 Å². The van der Waals surface area contributed by atoms with Crippen LogP contribution in [0.1, 0.15) is 25.7 Å². The summed E-state index contributed by atoms with van der Waals surface area (Å²) < 4.78 is 11.0. The number of H-pyrrole nitrogens is 1. The fourth-order valence-corrected chi connectivity index (χ4v) is 4.60. The molecule has 34 heavy (non-hydrogen) atoms. The summed E-state index contributed by atoms with van der Waals surface area (Å²) in [4.78, 5) is 17.8. The molecule has 2 N–H and O–H groups in total. The number of methoxy groups -OCH3 is 2. The van der Waals surface area contributed by atoms with Crippen molar-refractivity contribution in [2.24, 2.45) is 5.92 Å². The number of hydrogen-bond donors (Lipinski definition) is 2. The molecule has 0 atom stereocenters. The van der Waals surface area contributed by atoms with E-state index in [1.807, 2.05) is 29.3 Å². The highest BCUT2D eigenvalue weighted by Gasteiger charge is 2.24. The molecule has 1 saturated heterocycles. The number of rotatable bonds is 8. The smallest absolute Gasteiger partial charge is 0.322 e. The molecule has 8 nitrogen and oxygen atoms in total. The maximum Gasteiger partial charge on any atom is 0.322 e. The molecular weight excluding hydrogens is 430 g/mol. The number of carbonyl (C=O) groups is 1. The molecule has 0 radical (unpaired) electrons. The Morgan fingerprint density at radius 1 is 1.24 bits per heavy atom. The molecule has 4 rings (SSSR count). The second-order valence-electron chi connectivity index (χ2n) is 9.11. The van der Waals surface area contributed by atoms with E-state index in [0.717, 1.165) is 62.2 Å². The van der Waals surface area contributed by atoms with E-state index in [2.05, 4.69) is 39.6 Å². The summed E-state index contributed by atoms with van der Waals surface area (Å²) in [6.45, 7) is 3.47. The minimum absolute atomic E-state index is 0.109. The second kappa shape index (κ2) is 11.2. The number of urea groups is 1. The number of allylic oxidation sites excluding steroid dienone is 2. The van der Waals surface area contributed by atoms with Gasteiger partial charge in [-0.25, -0.2) is 4.79 Å². The van der Waals surface area contributed by atoms with Gasteiger partial charge in [-0.2, -0.15) is 5.10 Å². The number of nitrogens with one attached hydrogen (secondary N) is 2. The van der Waals surface area contributed by atoms with Gasteiger partial charge in [0.15, 0.2) is 0 Å². The van der Waals surface area contributed by atoms with Crippen LogP contribution in [0.4, 0.5) is 10.5 Å². The van der Waals surface area contributed by atoms with E-state index in [9.17, 15) is 4.79 Å². The lowest BCUT2D eigenvalue weighted by molar-refractivity contribution is 0.170. The van der Waals surface area contributed by atoms with Crippen LogP contribution in [-0.4, -0.2) is 73.5 Å². The highest BCUT2D eigenvalue weighted by atomic mass is 16.5. The van der Waals surface area contributed by atoms with Gasteiger partial charge >= 0.3 is 6.03 Å². The standard InChI is InChI=1S/C26H35N5O3/c1-30-11-9-19(10-12-30)17-31(18-20-5-4-6-23(13-20)33-2)26(32)29-24-8-7-21(14-25(24)34-3)22-15-27-28-16-22/h6-8,13-16,19H,4-5,9-12,17-18H2,1-3H3,(H,27,28)(H,29,32). The van der Waals surface area contributed by atoms with Gasteiger partial charge < -0.3 is 24.6 Å². The SMILES string of the molecule is COC1=CCCC(CN(CC2CCN(C)CC2)C(=O)Nc2ccc(-c3cn[nH]c3)cc2OC)=C1. The summed E-state index contributed by atoms with van der Waals surface area (Å²) in [5.74, 6) is 1.99. The van der Waals surface area contributed by atoms with E-state index in [0.29, 0.717) is 23.9 Å². The van der Waals surface area contributed by atoms with Crippen molar-refractivity contribution in [2.45, 2.75) is 25.7 Å². The Bertz CT molecular complexity index is 1020. The molecule has 2 heterocycles. The Morgan fingerprint density at radius 2 is 2.06 bits per heavy atom. The fraction of sp³-hybridized carbons (Fsp3) is 0.462. The van der Waals surface area contributed by atoms with E-state index in [-0.39, 0.29) is 6.03 Å². The monoisotopic (exact) mass is 465 g/mol. The number of aromatic amines is 1. The zero-order chi connectivity index (χ0) is 23.9. The first kappa shape index (κ1) is 23.9. The maximum absolute atomic E-state index is 13.5. The van der Waals surface area contributed by atoms with E-state index in [1.165, 1.54) is 5.57 Å². The number of aromatic nitrogens is 2. The third-order valence-corrected chi connectivity index (χ3v) is 6.67. The van der Waals surface area contributed by atoms with Crippen molar-refractivity contribution in [2.75, 3.05) is 52.8 Å². The normalized spacial score (nSPS) is 17.0. The number of nitrogens with zero attached hydrogens (tertiary/aromatic N) is 3. The molecule has 2 amide bonds. The van der Waals surface area contributed by atoms with Crippen LogP contribution in [0.2, 0.25) is 0 Å². The van der Waals surface area contributed by atoms with Crippen LogP contribution in [0.25, 0.3) is 11.1 Å². The van der Waals surface area contributed by atoms with Gasteiger partial charge in [0, 0.05) is 24.8 Å². The zero-order valence-corrected chi connectivity index (χ0v) is 20.3. The molecule has 1 aliphatic carbocycles. The molecular formula is C26H35N5O3. The van der Waals surface area contributed by atoms with Gasteiger partial charge in [-0.05, 0) is 87.2 Å². The predicted octanol–water partition coefficient (Wildman–Crippen LogP) is 4.51. The molecule has 0 unspecified atom stereocenters. The molecule has 1 aromatic carbocycles. The molecule has 1 aliphatic heterocycles. The molecule has 1 fully saturated rings. The first-order valence-corrected chi connectivity index (χ1v) is 11.9. The quantitative estimate of drug-likeness (QED) is 0.599. The molecule has 2 aromatic rings. The van der Waals surface area contributed by atoms with Crippen molar-refractivity contribution in [1.29, 1.82) is 0 Å². The minimum Gasteiger partial charge on any atom is -0.497 e. The summed E-state index contributed by atoms with van der Waals surface area (Å²) >= 11 is 0. The number of likely N-dealkylation sites (tertiary alicyclic amines) is 1. The van der Waals surface area contributed by atoms with Crippen molar-refractivity contribution >= 4 is 11.7 Å². The van der Waals surface area contributed by atoms with Gasteiger partial charge in [0.1, 0.15) is 11.5 Å². The summed E-state index contributed by atoms with van der Waals surface area (Å²) in [7, 11) is 5.46. The third kappa shape index (κ3) is 5.99. The van der Waals surface area contributed by atoms with Gasteiger partial charge in [-0.3, -0.25) is 5.10 Å². The minimum atomic E-state index is -0.109. The molecule has 1 aromatic heterocycles. The van der Waals surface area contributed by atoms with E-state index in [1.54, 1.807) is 20.4 Å². The van der Waals surface area contributed by atoms with Crippen molar-refractivity contribution < 1.29 is 14.3 Å². The van der Waals surface area contributed by atoms with Crippen molar-refractivity contribution in [1.82, 2.24) is 20.0 Å². The van der Waals surface area contributed by atoms with Gasteiger partial charge in [0.05, 0.1) is 26.1 Å². The molecule has 8 heteroatoms. The Balaban J connectivity index is 1.51. The number of benzene rings is 1. The number of ether oxygens (including phenoxy) is 2.